The Morgan fingerprint density at radius 3 is 1.90 bits per heavy atom. The van der Waals surface area contributed by atoms with Crippen LogP contribution < -0.4 is 0 Å². The number of methoxy groups -OCH3 is 3. The van der Waals surface area contributed by atoms with Crippen LogP contribution >= 0.6 is 0 Å². The highest BCUT2D eigenvalue weighted by atomic mass is 16.7. The molecule has 0 aliphatic carbocycles. The Morgan fingerprint density at radius 2 is 1.48 bits per heavy atom. The van der Waals surface area contributed by atoms with Crippen LogP contribution in [0.3, 0.4) is 0 Å². The van der Waals surface area contributed by atoms with Gasteiger partial charge in [-0.2, -0.15) is 0 Å². The molecule has 0 amide bonds. The summed E-state index contributed by atoms with van der Waals surface area (Å²) >= 11 is 0. The zero-order valence-corrected chi connectivity index (χ0v) is 12.9. The summed E-state index contributed by atoms with van der Waals surface area (Å²) in [5.41, 5.74) is 0. The van der Waals surface area contributed by atoms with Crippen molar-refractivity contribution in [1.82, 2.24) is 0 Å². The Kier molecular flexibility index (Phi) is 7.03. The summed E-state index contributed by atoms with van der Waals surface area (Å²) in [5.74, 6) is -0.959. The standard InChI is InChI=1S/C13H22O8/c1-7(14)19-6-9-10(16-3)11(17-4)12(18-5)13(21-9)20-8(2)15/h9-13H,6H2,1-5H3/t9-,10-,11+,12-,13+/m1/s1. The fraction of sp³-hybridized carbons (Fsp3) is 0.846. The molecule has 1 aliphatic heterocycles. The molecule has 0 saturated carbocycles. The van der Waals surface area contributed by atoms with Gasteiger partial charge in [-0.3, -0.25) is 9.59 Å². The van der Waals surface area contributed by atoms with E-state index in [1.807, 2.05) is 0 Å². The molecule has 1 aliphatic rings. The summed E-state index contributed by atoms with van der Waals surface area (Å²) in [6.45, 7) is 2.52. The van der Waals surface area contributed by atoms with Gasteiger partial charge in [0.15, 0.2) is 0 Å². The van der Waals surface area contributed by atoms with Crippen LogP contribution in [0.4, 0.5) is 0 Å². The maximum atomic E-state index is 11.2. The predicted octanol–water partition coefficient (Wildman–Crippen LogP) is -0.117. The van der Waals surface area contributed by atoms with Gasteiger partial charge in [0, 0.05) is 35.2 Å². The third-order valence-corrected chi connectivity index (χ3v) is 3.14. The van der Waals surface area contributed by atoms with Gasteiger partial charge >= 0.3 is 11.9 Å². The van der Waals surface area contributed by atoms with Crippen LogP contribution in [0.25, 0.3) is 0 Å². The molecule has 1 rings (SSSR count). The summed E-state index contributed by atoms with van der Waals surface area (Å²) in [6.07, 6.45) is -3.34. The molecule has 0 unspecified atom stereocenters. The fourth-order valence-corrected chi connectivity index (χ4v) is 2.27. The Balaban J connectivity index is 2.91. The largest absolute Gasteiger partial charge is 0.463 e. The number of rotatable bonds is 6. The molecule has 21 heavy (non-hydrogen) atoms. The van der Waals surface area contributed by atoms with E-state index in [-0.39, 0.29) is 6.61 Å². The number of carbonyl (C=O) groups excluding carboxylic acids is 2. The minimum Gasteiger partial charge on any atom is -0.463 e. The summed E-state index contributed by atoms with van der Waals surface area (Å²) in [7, 11) is 4.43. The van der Waals surface area contributed by atoms with Crippen LogP contribution in [0, 0.1) is 0 Å². The minimum atomic E-state index is -0.968. The van der Waals surface area contributed by atoms with Gasteiger partial charge in [0.05, 0.1) is 0 Å². The molecule has 0 aromatic rings. The zero-order chi connectivity index (χ0) is 16.0. The average Bonchev–Trinajstić information content (AvgIpc) is 2.43. The van der Waals surface area contributed by atoms with Crippen molar-refractivity contribution in [2.45, 2.75) is 44.6 Å². The first-order valence-electron chi connectivity index (χ1n) is 6.49. The van der Waals surface area contributed by atoms with Gasteiger partial charge in [-0.15, -0.1) is 0 Å². The summed E-state index contributed by atoms with van der Waals surface area (Å²) in [4.78, 5) is 22.1. The molecule has 1 heterocycles. The predicted molar refractivity (Wildman–Crippen MR) is 69.5 cm³/mol. The first-order chi connectivity index (χ1) is 9.94. The zero-order valence-electron chi connectivity index (χ0n) is 12.9. The molecule has 0 bridgehead atoms. The van der Waals surface area contributed by atoms with E-state index in [2.05, 4.69) is 0 Å². The van der Waals surface area contributed by atoms with E-state index in [1.165, 1.54) is 35.2 Å². The quantitative estimate of drug-likeness (QED) is 0.628. The minimum absolute atomic E-state index is 0.0398. The van der Waals surface area contributed by atoms with Gasteiger partial charge in [0.1, 0.15) is 31.0 Å². The molecule has 0 spiro atoms. The molecule has 0 radical (unpaired) electrons. The van der Waals surface area contributed by atoms with Crippen molar-refractivity contribution in [2.75, 3.05) is 27.9 Å². The highest BCUT2D eigenvalue weighted by Crippen LogP contribution is 2.28. The van der Waals surface area contributed by atoms with Crippen molar-refractivity contribution in [1.29, 1.82) is 0 Å². The maximum absolute atomic E-state index is 11.2. The topological polar surface area (TPSA) is 89.5 Å². The lowest BCUT2D eigenvalue weighted by atomic mass is 9.98. The van der Waals surface area contributed by atoms with Gasteiger partial charge in [-0.25, -0.2) is 0 Å². The molecule has 5 atom stereocenters. The average molecular weight is 306 g/mol. The van der Waals surface area contributed by atoms with Crippen LogP contribution in [-0.2, 0) is 38.0 Å². The van der Waals surface area contributed by atoms with Crippen molar-refractivity contribution >= 4 is 11.9 Å². The van der Waals surface area contributed by atoms with Crippen molar-refractivity contribution in [3.05, 3.63) is 0 Å². The third-order valence-electron chi connectivity index (χ3n) is 3.14. The van der Waals surface area contributed by atoms with Gasteiger partial charge < -0.3 is 28.4 Å². The molecular formula is C13H22O8. The number of ether oxygens (including phenoxy) is 6. The van der Waals surface area contributed by atoms with E-state index >= 15 is 0 Å². The smallest absolute Gasteiger partial charge is 0.305 e. The number of carbonyl (C=O) groups is 2. The van der Waals surface area contributed by atoms with Crippen LogP contribution in [0.5, 0.6) is 0 Å². The van der Waals surface area contributed by atoms with Gasteiger partial charge in [0.2, 0.25) is 6.29 Å². The first kappa shape index (κ1) is 17.8. The van der Waals surface area contributed by atoms with Gasteiger partial charge in [-0.1, -0.05) is 0 Å². The molecule has 0 aromatic heterocycles. The van der Waals surface area contributed by atoms with E-state index in [1.54, 1.807) is 0 Å². The molecule has 8 nitrogen and oxygen atoms in total. The van der Waals surface area contributed by atoms with E-state index < -0.39 is 42.6 Å². The summed E-state index contributed by atoms with van der Waals surface area (Å²) < 4.78 is 31.7. The Hall–Kier alpha value is -1.22. The van der Waals surface area contributed by atoms with Crippen molar-refractivity contribution in [3.63, 3.8) is 0 Å². The highest BCUT2D eigenvalue weighted by Gasteiger charge is 2.48. The summed E-state index contributed by atoms with van der Waals surface area (Å²) in [6, 6.07) is 0. The molecule has 0 N–H and O–H groups in total. The molecule has 1 saturated heterocycles. The molecule has 122 valence electrons. The van der Waals surface area contributed by atoms with Crippen LogP contribution in [-0.4, -0.2) is 70.6 Å². The lowest BCUT2D eigenvalue weighted by molar-refractivity contribution is -0.304. The monoisotopic (exact) mass is 306 g/mol. The molecule has 1 fully saturated rings. The van der Waals surface area contributed by atoms with Crippen LogP contribution in [0.1, 0.15) is 13.8 Å². The Labute approximate surface area is 123 Å². The second-order valence-corrected chi connectivity index (χ2v) is 4.56. The second kappa shape index (κ2) is 8.28. The fourth-order valence-electron chi connectivity index (χ4n) is 2.27. The van der Waals surface area contributed by atoms with E-state index in [0.717, 1.165) is 0 Å². The Bertz CT molecular complexity index is 358. The lowest BCUT2D eigenvalue weighted by Crippen LogP contribution is -2.61. The van der Waals surface area contributed by atoms with Crippen molar-refractivity contribution in [2.24, 2.45) is 0 Å². The van der Waals surface area contributed by atoms with E-state index in [4.69, 9.17) is 28.4 Å². The SMILES string of the molecule is CO[C@@H]1[C@@H](OC)[C@@H](OC(C)=O)O[C@H](COC(C)=O)[C@H]1OC. The van der Waals surface area contributed by atoms with Crippen molar-refractivity contribution in [3.8, 4) is 0 Å². The second-order valence-electron chi connectivity index (χ2n) is 4.56. The maximum Gasteiger partial charge on any atom is 0.305 e. The van der Waals surface area contributed by atoms with Crippen LogP contribution in [0.15, 0.2) is 0 Å². The number of esters is 2. The highest BCUT2D eigenvalue weighted by molar-refractivity contribution is 5.66. The number of hydrogen-bond donors (Lipinski definition) is 0. The van der Waals surface area contributed by atoms with Crippen LogP contribution in [0.2, 0.25) is 0 Å². The number of hydrogen-bond acceptors (Lipinski definition) is 8. The lowest BCUT2D eigenvalue weighted by Gasteiger charge is -2.43. The normalized spacial score (nSPS) is 32.5. The third kappa shape index (κ3) is 4.63. The van der Waals surface area contributed by atoms with Crippen molar-refractivity contribution < 1.29 is 38.0 Å². The van der Waals surface area contributed by atoms with Gasteiger partial charge in [-0.05, 0) is 0 Å². The molecular weight excluding hydrogens is 284 g/mol. The van der Waals surface area contributed by atoms with E-state index in [9.17, 15) is 9.59 Å². The molecule has 8 heteroatoms. The Morgan fingerprint density at radius 1 is 0.905 bits per heavy atom. The van der Waals surface area contributed by atoms with E-state index in [0.29, 0.717) is 0 Å². The summed E-state index contributed by atoms with van der Waals surface area (Å²) in [5, 5.41) is 0. The first-order valence-corrected chi connectivity index (χ1v) is 6.49. The van der Waals surface area contributed by atoms with Gasteiger partial charge in [0.25, 0.3) is 0 Å². The molecule has 0 aromatic carbocycles.